The molecule has 2 aromatic heterocycles. The molecule has 6 heteroatoms. The summed E-state index contributed by atoms with van der Waals surface area (Å²) >= 11 is 5.88. The summed E-state index contributed by atoms with van der Waals surface area (Å²) in [6.45, 7) is 2.65. The molecule has 2 aromatic rings. The number of rotatable bonds is 4. The first-order valence-corrected chi connectivity index (χ1v) is 5.40. The normalized spacial score (nSPS) is 10.4. The fourth-order valence-corrected chi connectivity index (χ4v) is 1.48. The fourth-order valence-electron chi connectivity index (χ4n) is 1.28. The second-order valence-electron chi connectivity index (χ2n) is 3.31. The summed E-state index contributed by atoms with van der Waals surface area (Å²) in [5.74, 6) is 1.47. The summed E-state index contributed by atoms with van der Waals surface area (Å²) in [6, 6.07) is 1.71. The quantitative estimate of drug-likeness (QED) is 0.799. The van der Waals surface area contributed by atoms with Crippen LogP contribution in [0.2, 0.25) is 5.15 Å². The van der Waals surface area contributed by atoms with Gasteiger partial charge in [0, 0.05) is 30.8 Å². The summed E-state index contributed by atoms with van der Waals surface area (Å²) in [6.07, 6.45) is 4.36. The number of aromatic amines is 1. The number of nitrogens with zero attached hydrogens (tertiary/aromatic N) is 3. The molecule has 2 rings (SSSR count). The van der Waals surface area contributed by atoms with Crippen molar-refractivity contribution < 1.29 is 0 Å². The van der Waals surface area contributed by atoms with Gasteiger partial charge in [0.05, 0.1) is 6.20 Å². The van der Waals surface area contributed by atoms with Crippen molar-refractivity contribution >= 4 is 17.4 Å². The maximum Gasteiger partial charge on any atom is 0.134 e. The van der Waals surface area contributed by atoms with Crippen molar-refractivity contribution in [3.05, 3.63) is 35.0 Å². The number of nitrogens with one attached hydrogen (secondary N) is 2. The maximum absolute atomic E-state index is 5.88. The summed E-state index contributed by atoms with van der Waals surface area (Å²) < 4.78 is 0. The van der Waals surface area contributed by atoms with E-state index in [0.29, 0.717) is 11.7 Å². The van der Waals surface area contributed by atoms with Crippen LogP contribution in [-0.2, 0) is 13.0 Å². The summed E-state index contributed by atoms with van der Waals surface area (Å²) in [4.78, 5) is 8.41. The predicted octanol–water partition coefficient (Wildman–Crippen LogP) is 2.03. The van der Waals surface area contributed by atoms with Gasteiger partial charge in [0.2, 0.25) is 0 Å². The average molecular weight is 238 g/mol. The Kier molecular flexibility index (Phi) is 3.36. The third-order valence-electron chi connectivity index (χ3n) is 2.09. The SMILES string of the molecule is CCc1nc(Cl)cc(NCc2cn[nH]c2)n1. The van der Waals surface area contributed by atoms with Gasteiger partial charge in [-0.2, -0.15) is 5.10 Å². The lowest BCUT2D eigenvalue weighted by molar-refractivity contribution is 0.933. The van der Waals surface area contributed by atoms with Gasteiger partial charge in [0.1, 0.15) is 16.8 Å². The van der Waals surface area contributed by atoms with Crippen molar-refractivity contribution in [3.8, 4) is 0 Å². The lowest BCUT2D eigenvalue weighted by Crippen LogP contribution is -2.03. The molecule has 0 bridgehead atoms. The number of hydrogen-bond acceptors (Lipinski definition) is 4. The molecule has 5 nitrogen and oxygen atoms in total. The zero-order chi connectivity index (χ0) is 11.4. The van der Waals surface area contributed by atoms with Crippen molar-refractivity contribution in [1.82, 2.24) is 20.2 Å². The number of hydrogen-bond donors (Lipinski definition) is 2. The van der Waals surface area contributed by atoms with Gasteiger partial charge in [0.15, 0.2) is 0 Å². The lowest BCUT2D eigenvalue weighted by Gasteiger charge is -2.05. The Balaban J connectivity index is 2.06. The van der Waals surface area contributed by atoms with E-state index >= 15 is 0 Å². The third kappa shape index (κ3) is 2.70. The monoisotopic (exact) mass is 237 g/mol. The molecular formula is C10H12ClN5. The second kappa shape index (κ2) is 4.94. The van der Waals surface area contributed by atoms with Gasteiger partial charge < -0.3 is 5.32 Å². The molecule has 16 heavy (non-hydrogen) atoms. The molecule has 0 amide bonds. The summed E-state index contributed by atoms with van der Waals surface area (Å²) in [5.41, 5.74) is 1.06. The van der Waals surface area contributed by atoms with E-state index in [-0.39, 0.29) is 0 Å². The van der Waals surface area contributed by atoms with Crippen molar-refractivity contribution in [2.24, 2.45) is 0 Å². The topological polar surface area (TPSA) is 66.5 Å². The van der Waals surface area contributed by atoms with Gasteiger partial charge in [-0.3, -0.25) is 5.10 Å². The molecule has 0 fully saturated rings. The first-order chi connectivity index (χ1) is 7.78. The Bertz CT molecular complexity index is 454. The zero-order valence-corrected chi connectivity index (χ0v) is 9.62. The molecule has 0 saturated heterocycles. The van der Waals surface area contributed by atoms with Crippen LogP contribution in [0.1, 0.15) is 18.3 Å². The van der Waals surface area contributed by atoms with E-state index in [1.54, 1.807) is 12.3 Å². The Morgan fingerprint density at radius 3 is 3.00 bits per heavy atom. The predicted molar refractivity (Wildman–Crippen MR) is 62.3 cm³/mol. The van der Waals surface area contributed by atoms with Crippen LogP contribution in [-0.4, -0.2) is 20.2 Å². The van der Waals surface area contributed by atoms with Crippen molar-refractivity contribution in [3.63, 3.8) is 0 Å². The maximum atomic E-state index is 5.88. The average Bonchev–Trinajstić information content (AvgIpc) is 2.78. The van der Waals surface area contributed by atoms with Crippen LogP contribution < -0.4 is 5.32 Å². The summed E-state index contributed by atoms with van der Waals surface area (Å²) in [7, 11) is 0. The number of aromatic nitrogens is 4. The van der Waals surface area contributed by atoms with Gasteiger partial charge in [0.25, 0.3) is 0 Å². The van der Waals surface area contributed by atoms with Gasteiger partial charge >= 0.3 is 0 Å². The van der Waals surface area contributed by atoms with E-state index in [1.807, 2.05) is 13.1 Å². The highest BCUT2D eigenvalue weighted by molar-refractivity contribution is 6.29. The zero-order valence-electron chi connectivity index (χ0n) is 8.87. The largest absolute Gasteiger partial charge is 0.366 e. The fraction of sp³-hybridized carbons (Fsp3) is 0.300. The molecule has 0 saturated carbocycles. The molecule has 0 spiro atoms. The Morgan fingerprint density at radius 2 is 2.31 bits per heavy atom. The minimum atomic E-state index is 0.460. The summed E-state index contributed by atoms with van der Waals surface area (Å²) in [5, 5.41) is 10.2. The van der Waals surface area contributed by atoms with Crippen LogP contribution in [0.25, 0.3) is 0 Å². The van der Waals surface area contributed by atoms with Crippen LogP contribution in [0.4, 0.5) is 5.82 Å². The van der Waals surface area contributed by atoms with Gasteiger partial charge in [-0.15, -0.1) is 0 Å². The highest BCUT2D eigenvalue weighted by Crippen LogP contribution is 2.12. The van der Waals surface area contributed by atoms with Gasteiger partial charge in [-0.25, -0.2) is 9.97 Å². The highest BCUT2D eigenvalue weighted by Gasteiger charge is 2.01. The van der Waals surface area contributed by atoms with E-state index in [1.165, 1.54) is 0 Å². The molecule has 0 aliphatic heterocycles. The molecule has 0 aliphatic carbocycles. The Hall–Kier alpha value is -1.62. The van der Waals surface area contributed by atoms with Gasteiger partial charge in [-0.1, -0.05) is 18.5 Å². The van der Waals surface area contributed by atoms with E-state index < -0.39 is 0 Å². The van der Waals surface area contributed by atoms with Crippen molar-refractivity contribution in [2.45, 2.75) is 19.9 Å². The van der Waals surface area contributed by atoms with E-state index in [0.717, 1.165) is 23.6 Å². The molecule has 2 heterocycles. The number of H-pyrrole nitrogens is 1. The van der Waals surface area contributed by atoms with E-state index in [2.05, 4.69) is 25.5 Å². The molecule has 0 unspecified atom stereocenters. The van der Waals surface area contributed by atoms with Crippen LogP contribution in [0, 0.1) is 0 Å². The number of aryl methyl sites for hydroxylation is 1. The molecular weight excluding hydrogens is 226 g/mol. The molecule has 2 N–H and O–H groups in total. The van der Waals surface area contributed by atoms with Crippen LogP contribution in [0.3, 0.4) is 0 Å². The van der Waals surface area contributed by atoms with Crippen molar-refractivity contribution in [2.75, 3.05) is 5.32 Å². The molecule has 0 aliphatic rings. The number of halogens is 1. The molecule has 0 radical (unpaired) electrons. The smallest absolute Gasteiger partial charge is 0.134 e. The minimum Gasteiger partial charge on any atom is -0.366 e. The number of anilines is 1. The van der Waals surface area contributed by atoms with E-state index in [4.69, 9.17) is 11.6 Å². The first-order valence-electron chi connectivity index (χ1n) is 5.03. The second-order valence-corrected chi connectivity index (χ2v) is 3.69. The van der Waals surface area contributed by atoms with Crippen LogP contribution in [0.5, 0.6) is 0 Å². The third-order valence-corrected chi connectivity index (χ3v) is 2.28. The molecule has 84 valence electrons. The lowest BCUT2D eigenvalue weighted by atomic mass is 10.3. The molecule has 0 aromatic carbocycles. The van der Waals surface area contributed by atoms with Crippen molar-refractivity contribution in [1.29, 1.82) is 0 Å². The van der Waals surface area contributed by atoms with Gasteiger partial charge in [-0.05, 0) is 0 Å². The Labute approximate surface area is 98.3 Å². The minimum absolute atomic E-state index is 0.460. The first kappa shape index (κ1) is 10.9. The molecule has 0 atom stereocenters. The highest BCUT2D eigenvalue weighted by atomic mass is 35.5. The standard InChI is InChI=1S/C10H12ClN5/c1-2-9-15-8(11)3-10(16-9)12-4-7-5-13-14-6-7/h3,5-6H,2,4H2,1H3,(H,13,14)(H,12,15,16). The van der Waals surface area contributed by atoms with Crippen LogP contribution in [0.15, 0.2) is 18.5 Å². The van der Waals surface area contributed by atoms with Crippen LogP contribution >= 0.6 is 11.6 Å². The van der Waals surface area contributed by atoms with E-state index in [9.17, 15) is 0 Å². The Morgan fingerprint density at radius 1 is 1.44 bits per heavy atom.